The molecule has 3 nitrogen and oxygen atoms in total. The molecule has 2 aromatic rings. The van der Waals surface area contributed by atoms with Crippen LogP contribution < -0.4 is 5.43 Å². The maximum Gasteiger partial charge on any atom is 0.271 e. The second kappa shape index (κ2) is 7.41. The molecule has 0 aliphatic rings. The highest BCUT2D eigenvalue weighted by Crippen LogP contribution is 2.09. The first-order valence-electron chi connectivity index (χ1n) is 6.47. The third-order valence-corrected chi connectivity index (χ3v) is 2.99. The number of hydrogen-bond donors (Lipinski definition) is 1. The number of carbonyl (C=O) groups is 1. The second-order valence-corrected chi connectivity index (χ2v) is 4.94. The van der Waals surface area contributed by atoms with Crippen molar-refractivity contribution in [3.8, 4) is 0 Å². The van der Waals surface area contributed by atoms with E-state index in [1.54, 1.807) is 30.5 Å². The molecule has 0 unspecified atom stereocenters. The van der Waals surface area contributed by atoms with Crippen LogP contribution in [0, 0.1) is 0 Å². The van der Waals surface area contributed by atoms with E-state index in [0.717, 1.165) is 11.1 Å². The molecule has 2 aromatic carbocycles. The van der Waals surface area contributed by atoms with Gasteiger partial charge < -0.3 is 0 Å². The molecule has 2 rings (SSSR count). The summed E-state index contributed by atoms with van der Waals surface area (Å²) in [4.78, 5) is 11.8. The maximum atomic E-state index is 11.8. The van der Waals surface area contributed by atoms with Crippen molar-refractivity contribution in [3.05, 3.63) is 76.3 Å². The lowest BCUT2D eigenvalue weighted by Crippen LogP contribution is -2.17. The van der Waals surface area contributed by atoms with E-state index in [-0.39, 0.29) is 5.91 Å². The van der Waals surface area contributed by atoms with E-state index in [2.05, 4.69) is 10.5 Å². The van der Waals surface area contributed by atoms with E-state index in [1.165, 1.54) is 0 Å². The van der Waals surface area contributed by atoms with Crippen molar-refractivity contribution in [2.24, 2.45) is 5.10 Å². The van der Waals surface area contributed by atoms with Crippen LogP contribution in [-0.4, -0.2) is 12.1 Å². The standard InChI is InChI=1S/C17H15ClN2O/c1-13(11-14-5-3-2-4-6-14)12-19-20-17(21)15-7-9-16(18)10-8-15/h2-12H,1H3,(H,20,21). The molecule has 4 heteroatoms. The predicted octanol–water partition coefficient (Wildman–Crippen LogP) is 4.16. The van der Waals surface area contributed by atoms with E-state index in [9.17, 15) is 4.79 Å². The van der Waals surface area contributed by atoms with Crippen molar-refractivity contribution >= 4 is 29.8 Å². The van der Waals surface area contributed by atoms with Gasteiger partial charge in [-0.3, -0.25) is 4.79 Å². The Morgan fingerprint density at radius 3 is 2.43 bits per heavy atom. The average molecular weight is 299 g/mol. The summed E-state index contributed by atoms with van der Waals surface area (Å²) in [5, 5.41) is 4.53. The number of nitrogens with one attached hydrogen (secondary N) is 1. The van der Waals surface area contributed by atoms with Crippen LogP contribution >= 0.6 is 11.6 Å². The Balaban J connectivity index is 1.94. The fraction of sp³-hybridized carbons (Fsp3) is 0.0588. The molecule has 0 saturated carbocycles. The Morgan fingerprint density at radius 1 is 1.10 bits per heavy atom. The number of allylic oxidation sites excluding steroid dienone is 1. The van der Waals surface area contributed by atoms with Crippen LogP contribution in [0.1, 0.15) is 22.8 Å². The van der Waals surface area contributed by atoms with Gasteiger partial charge in [-0.1, -0.05) is 48.0 Å². The van der Waals surface area contributed by atoms with Gasteiger partial charge in [0.1, 0.15) is 0 Å². The summed E-state index contributed by atoms with van der Waals surface area (Å²) in [6, 6.07) is 16.6. The van der Waals surface area contributed by atoms with Gasteiger partial charge in [-0.2, -0.15) is 5.10 Å². The zero-order valence-corrected chi connectivity index (χ0v) is 12.3. The minimum absolute atomic E-state index is 0.268. The topological polar surface area (TPSA) is 41.5 Å². The van der Waals surface area contributed by atoms with Crippen LogP contribution in [-0.2, 0) is 0 Å². The van der Waals surface area contributed by atoms with Gasteiger partial charge in [-0.25, -0.2) is 5.43 Å². The molecule has 0 aromatic heterocycles. The largest absolute Gasteiger partial charge is 0.271 e. The molecule has 0 fully saturated rings. The van der Waals surface area contributed by atoms with Gasteiger partial charge in [-0.15, -0.1) is 0 Å². The summed E-state index contributed by atoms with van der Waals surface area (Å²) in [5.41, 5.74) is 5.03. The summed E-state index contributed by atoms with van der Waals surface area (Å²) >= 11 is 5.77. The van der Waals surface area contributed by atoms with Gasteiger partial charge in [0.2, 0.25) is 0 Å². The first-order chi connectivity index (χ1) is 10.1. The van der Waals surface area contributed by atoms with E-state index >= 15 is 0 Å². The number of benzene rings is 2. The van der Waals surface area contributed by atoms with E-state index in [1.807, 2.05) is 43.3 Å². The summed E-state index contributed by atoms with van der Waals surface area (Å²) in [5.74, 6) is -0.268. The van der Waals surface area contributed by atoms with Gasteiger partial charge >= 0.3 is 0 Å². The van der Waals surface area contributed by atoms with E-state index in [4.69, 9.17) is 11.6 Å². The molecular weight excluding hydrogens is 284 g/mol. The number of nitrogens with zero attached hydrogens (tertiary/aromatic N) is 1. The number of hydrazone groups is 1. The molecular formula is C17H15ClN2O. The molecule has 0 saturated heterocycles. The Hall–Kier alpha value is -2.39. The van der Waals surface area contributed by atoms with Crippen LogP contribution in [0.25, 0.3) is 6.08 Å². The van der Waals surface area contributed by atoms with Crippen molar-refractivity contribution in [2.75, 3.05) is 0 Å². The van der Waals surface area contributed by atoms with E-state index < -0.39 is 0 Å². The third-order valence-electron chi connectivity index (χ3n) is 2.73. The lowest BCUT2D eigenvalue weighted by Gasteiger charge is -2.00. The van der Waals surface area contributed by atoms with Crippen LogP contribution in [0.4, 0.5) is 0 Å². The molecule has 0 bridgehead atoms. The SMILES string of the molecule is CC(C=NNC(=O)c1ccc(Cl)cc1)=Cc1ccccc1. The molecule has 106 valence electrons. The summed E-state index contributed by atoms with van der Waals surface area (Å²) in [7, 11) is 0. The highest BCUT2D eigenvalue weighted by molar-refractivity contribution is 6.30. The molecule has 0 aliphatic carbocycles. The first-order valence-corrected chi connectivity index (χ1v) is 6.85. The van der Waals surface area contributed by atoms with Gasteiger partial charge in [-0.05, 0) is 42.3 Å². The number of hydrogen-bond acceptors (Lipinski definition) is 2. The van der Waals surface area contributed by atoms with Crippen LogP contribution in [0.3, 0.4) is 0 Å². The number of halogens is 1. The van der Waals surface area contributed by atoms with Gasteiger partial charge in [0.05, 0.1) is 6.21 Å². The summed E-state index contributed by atoms with van der Waals surface area (Å²) < 4.78 is 0. The van der Waals surface area contributed by atoms with Crippen molar-refractivity contribution in [3.63, 3.8) is 0 Å². The zero-order chi connectivity index (χ0) is 15.1. The molecule has 0 aliphatic heterocycles. The van der Waals surface area contributed by atoms with Gasteiger partial charge in [0.15, 0.2) is 0 Å². The molecule has 1 N–H and O–H groups in total. The predicted molar refractivity (Wildman–Crippen MR) is 87.5 cm³/mol. The lowest BCUT2D eigenvalue weighted by atomic mass is 10.1. The smallest absolute Gasteiger partial charge is 0.267 e. The molecule has 0 heterocycles. The maximum absolute atomic E-state index is 11.8. The second-order valence-electron chi connectivity index (χ2n) is 4.51. The molecule has 0 radical (unpaired) electrons. The quantitative estimate of drug-likeness (QED) is 0.668. The van der Waals surface area contributed by atoms with Crippen LogP contribution in [0.2, 0.25) is 5.02 Å². The van der Waals surface area contributed by atoms with Gasteiger partial charge in [0.25, 0.3) is 5.91 Å². The van der Waals surface area contributed by atoms with Crippen LogP contribution in [0.15, 0.2) is 65.3 Å². The van der Waals surface area contributed by atoms with Crippen molar-refractivity contribution < 1.29 is 4.79 Å². The highest BCUT2D eigenvalue weighted by Gasteiger charge is 2.02. The average Bonchev–Trinajstić information content (AvgIpc) is 2.49. The molecule has 0 spiro atoms. The minimum Gasteiger partial charge on any atom is -0.267 e. The third kappa shape index (κ3) is 4.89. The summed E-state index contributed by atoms with van der Waals surface area (Å²) in [6.45, 7) is 1.92. The first kappa shape index (κ1) is 15.0. The Bertz CT molecular complexity index is 661. The Labute approximate surface area is 129 Å². The van der Waals surface area contributed by atoms with Crippen molar-refractivity contribution in [1.82, 2.24) is 5.43 Å². The van der Waals surface area contributed by atoms with Crippen molar-refractivity contribution in [2.45, 2.75) is 6.92 Å². The molecule has 21 heavy (non-hydrogen) atoms. The number of amides is 1. The number of carbonyl (C=O) groups excluding carboxylic acids is 1. The fourth-order valence-corrected chi connectivity index (χ4v) is 1.83. The normalized spacial score (nSPS) is 11.6. The lowest BCUT2D eigenvalue weighted by molar-refractivity contribution is 0.0955. The van der Waals surface area contributed by atoms with Gasteiger partial charge in [0, 0.05) is 10.6 Å². The minimum atomic E-state index is -0.268. The Kier molecular flexibility index (Phi) is 5.29. The van der Waals surface area contributed by atoms with Crippen LogP contribution in [0.5, 0.6) is 0 Å². The monoisotopic (exact) mass is 298 g/mol. The highest BCUT2D eigenvalue weighted by atomic mass is 35.5. The Morgan fingerprint density at radius 2 is 1.76 bits per heavy atom. The molecule has 0 atom stereocenters. The fourth-order valence-electron chi connectivity index (χ4n) is 1.71. The zero-order valence-electron chi connectivity index (χ0n) is 11.6. The summed E-state index contributed by atoms with van der Waals surface area (Å²) in [6.07, 6.45) is 3.60. The number of rotatable bonds is 4. The molecule has 1 amide bonds. The van der Waals surface area contributed by atoms with Crippen molar-refractivity contribution in [1.29, 1.82) is 0 Å². The van der Waals surface area contributed by atoms with E-state index in [0.29, 0.717) is 10.6 Å².